The van der Waals surface area contributed by atoms with Crippen LogP contribution in [0.5, 0.6) is 0 Å². The first-order chi connectivity index (χ1) is 8.97. The average molecular weight is 395 g/mol. The normalized spacial score (nSPS) is 11.7. The number of hydrogen-bond donors (Lipinski definition) is 1. The zero-order chi connectivity index (χ0) is 14.3. The van der Waals surface area contributed by atoms with E-state index in [1.54, 1.807) is 6.07 Å². The lowest BCUT2D eigenvalue weighted by molar-refractivity contribution is 0.573. The van der Waals surface area contributed by atoms with Gasteiger partial charge in [-0.2, -0.15) is 0 Å². The Balaban J connectivity index is 2.54. The lowest BCUT2D eigenvalue weighted by atomic mass is 10.2. The minimum Gasteiger partial charge on any atom is -0.211 e. The van der Waals surface area contributed by atoms with Crippen molar-refractivity contribution in [2.45, 2.75) is 44.4 Å². The maximum absolute atomic E-state index is 12.2. The largest absolute Gasteiger partial charge is 0.240 e. The van der Waals surface area contributed by atoms with E-state index in [0.717, 1.165) is 24.0 Å². The number of alkyl halides is 1. The highest BCUT2D eigenvalue weighted by molar-refractivity contribution is 14.1. The number of halogens is 1. The summed E-state index contributed by atoms with van der Waals surface area (Å²) in [5.41, 5.74) is 1.76. The zero-order valence-corrected chi connectivity index (χ0v) is 14.6. The van der Waals surface area contributed by atoms with Gasteiger partial charge in [0.25, 0.3) is 0 Å². The highest BCUT2D eigenvalue weighted by Crippen LogP contribution is 2.16. The molecule has 0 aliphatic carbocycles. The molecule has 0 amide bonds. The van der Waals surface area contributed by atoms with Gasteiger partial charge >= 0.3 is 0 Å². The summed E-state index contributed by atoms with van der Waals surface area (Å²) in [5.74, 6) is 0. The van der Waals surface area contributed by atoms with Gasteiger partial charge in [-0.25, -0.2) is 13.1 Å². The van der Waals surface area contributed by atoms with E-state index in [1.165, 1.54) is 17.3 Å². The number of hydrogen-bond acceptors (Lipinski definition) is 2. The zero-order valence-electron chi connectivity index (χ0n) is 11.6. The molecule has 0 fully saturated rings. The smallest absolute Gasteiger partial charge is 0.211 e. The molecular formula is C14H22INO2S. The van der Waals surface area contributed by atoms with Crippen molar-refractivity contribution in [3.8, 4) is 0 Å². The third-order valence-electron chi connectivity index (χ3n) is 2.99. The van der Waals surface area contributed by atoms with Gasteiger partial charge in [0, 0.05) is 6.54 Å². The maximum atomic E-state index is 12.2. The molecule has 3 nitrogen and oxygen atoms in total. The van der Waals surface area contributed by atoms with Crippen molar-refractivity contribution in [2.75, 3.05) is 11.0 Å². The van der Waals surface area contributed by atoms with Gasteiger partial charge in [0.1, 0.15) is 0 Å². The molecule has 0 unspecified atom stereocenters. The molecule has 0 saturated heterocycles. The Labute approximate surface area is 130 Å². The number of nitrogens with one attached hydrogen (secondary N) is 1. The van der Waals surface area contributed by atoms with Crippen LogP contribution in [-0.4, -0.2) is 19.4 Å². The first-order valence-electron chi connectivity index (χ1n) is 6.60. The van der Waals surface area contributed by atoms with Gasteiger partial charge in [-0.15, -0.1) is 0 Å². The molecule has 0 spiro atoms. The molecule has 1 aromatic rings. The Morgan fingerprint density at radius 1 is 1.11 bits per heavy atom. The van der Waals surface area contributed by atoms with Crippen LogP contribution in [0, 0.1) is 13.8 Å². The fraction of sp³-hybridized carbons (Fsp3) is 0.571. The van der Waals surface area contributed by atoms with E-state index in [0.29, 0.717) is 11.4 Å². The minimum atomic E-state index is -3.36. The minimum absolute atomic E-state index is 0.403. The van der Waals surface area contributed by atoms with Gasteiger partial charge < -0.3 is 0 Å². The van der Waals surface area contributed by atoms with Gasteiger partial charge in [-0.05, 0) is 48.3 Å². The Morgan fingerprint density at radius 3 is 2.47 bits per heavy atom. The van der Waals surface area contributed by atoms with E-state index in [2.05, 4.69) is 27.3 Å². The number of benzene rings is 1. The Morgan fingerprint density at radius 2 is 1.79 bits per heavy atom. The second-order valence-corrected chi connectivity index (χ2v) is 7.58. The molecule has 1 N–H and O–H groups in total. The third kappa shape index (κ3) is 5.79. The predicted molar refractivity (Wildman–Crippen MR) is 88.5 cm³/mol. The van der Waals surface area contributed by atoms with Crippen LogP contribution in [0.2, 0.25) is 0 Å². The van der Waals surface area contributed by atoms with Crippen molar-refractivity contribution in [3.05, 3.63) is 29.3 Å². The molecule has 0 aromatic heterocycles. The molecule has 0 aliphatic heterocycles. The molecule has 0 aliphatic rings. The van der Waals surface area contributed by atoms with Crippen LogP contribution in [0.1, 0.15) is 36.8 Å². The predicted octanol–water partition coefficient (Wildman–Crippen LogP) is 3.58. The van der Waals surface area contributed by atoms with Crippen molar-refractivity contribution >= 4 is 32.6 Å². The van der Waals surface area contributed by atoms with Crippen molar-refractivity contribution in [3.63, 3.8) is 0 Å². The lowest BCUT2D eigenvalue weighted by Crippen LogP contribution is -2.25. The van der Waals surface area contributed by atoms with E-state index in [1.807, 2.05) is 26.0 Å². The maximum Gasteiger partial charge on any atom is 0.240 e. The molecule has 1 aromatic carbocycles. The first-order valence-corrected chi connectivity index (χ1v) is 9.61. The molecule has 108 valence electrons. The molecular weight excluding hydrogens is 373 g/mol. The number of rotatable bonds is 8. The van der Waals surface area contributed by atoms with Crippen molar-refractivity contribution in [1.29, 1.82) is 0 Å². The van der Waals surface area contributed by atoms with Crippen LogP contribution >= 0.6 is 22.6 Å². The van der Waals surface area contributed by atoms with E-state index in [4.69, 9.17) is 0 Å². The SMILES string of the molecule is Cc1ccc(C)c(S(=O)(=O)NCCCCCCI)c1. The van der Waals surface area contributed by atoms with E-state index >= 15 is 0 Å². The van der Waals surface area contributed by atoms with E-state index in [9.17, 15) is 8.42 Å². The van der Waals surface area contributed by atoms with Gasteiger partial charge in [0.05, 0.1) is 4.90 Å². The van der Waals surface area contributed by atoms with Crippen molar-refractivity contribution < 1.29 is 8.42 Å². The average Bonchev–Trinajstić information content (AvgIpc) is 2.36. The highest BCUT2D eigenvalue weighted by Gasteiger charge is 2.15. The second kappa shape index (κ2) is 8.21. The third-order valence-corrected chi connectivity index (χ3v) is 5.35. The van der Waals surface area contributed by atoms with Crippen LogP contribution in [-0.2, 0) is 10.0 Å². The summed E-state index contributed by atoms with van der Waals surface area (Å²) in [7, 11) is -3.36. The number of sulfonamides is 1. The van der Waals surface area contributed by atoms with Gasteiger partial charge in [-0.3, -0.25) is 0 Å². The van der Waals surface area contributed by atoms with Crippen molar-refractivity contribution in [1.82, 2.24) is 4.72 Å². The summed E-state index contributed by atoms with van der Waals surface area (Å²) in [6.07, 6.45) is 4.37. The van der Waals surface area contributed by atoms with Crippen LogP contribution in [0.25, 0.3) is 0 Å². The molecule has 0 atom stereocenters. The molecule has 0 saturated carbocycles. The molecule has 19 heavy (non-hydrogen) atoms. The quantitative estimate of drug-likeness (QED) is 0.416. The van der Waals surface area contributed by atoms with Gasteiger partial charge in [0.2, 0.25) is 10.0 Å². The van der Waals surface area contributed by atoms with Crippen molar-refractivity contribution in [2.24, 2.45) is 0 Å². The van der Waals surface area contributed by atoms with E-state index < -0.39 is 10.0 Å². The summed E-state index contributed by atoms with van der Waals surface area (Å²) >= 11 is 2.36. The lowest BCUT2D eigenvalue weighted by Gasteiger charge is -2.10. The van der Waals surface area contributed by atoms with E-state index in [-0.39, 0.29) is 0 Å². The summed E-state index contributed by atoms with van der Waals surface area (Å²) in [6.45, 7) is 4.26. The van der Waals surface area contributed by atoms with Gasteiger partial charge in [0.15, 0.2) is 0 Å². The monoisotopic (exact) mass is 395 g/mol. The first kappa shape index (κ1) is 16.9. The molecule has 0 bridgehead atoms. The summed E-state index contributed by atoms with van der Waals surface area (Å²) in [5, 5.41) is 0. The fourth-order valence-corrected chi connectivity index (χ4v) is 3.80. The standard InChI is InChI=1S/C14H22INO2S/c1-12-7-8-13(2)14(11-12)19(17,18)16-10-6-4-3-5-9-15/h7-8,11,16H,3-6,9-10H2,1-2H3. The number of unbranched alkanes of at least 4 members (excludes halogenated alkanes) is 3. The topological polar surface area (TPSA) is 46.2 Å². The van der Waals surface area contributed by atoms with Crippen LogP contribution < -0.4 is 4.72 Å². The highest BCUT2D eigenvalue weighted by atomic mass is 127. The Hall–Kier alpha value is -0.140. The second-order valence-electron chi connectivity index (χ2n) is 4.77. The summed E-state index contributed by atoms with van der Waals surface area (Å²) in [6, 6.07) is 5.51. The fourth-order valence-electron chi connectivity index (χ4n) is 1.85. The van der Waals surface area contributed by atoms with Crippen LogP contribution in [0.15, 0.2) is 23.1 Å². The molecule has 1 rings (SSSR count). The number of aryl methyl sites for hydroxylation is 2. The van der Waals surface area contributed by atoms with Gasteiger partial charge in [-0.1, -0.05) is 47.6 Å². The Bertz CT molecular complexity index is 500. The summed E-state index contributed by atoms with van der Waals surface area (Å²) < 4.78 is 28.2. The molecule has 0 radical (unpaired) electrons. The summed E-state index contributed by atoms with van der Waals surface area (Å²) in [4.78, 5) is 0.403. The molecule has 5 heteroatoms. The molecule has 0 heterocycles. The van der Waals surface area contributed by atoms with Crippen LogP contribution in [0.3, 0.4) is 0 Å². The van der Waals surface area contributed by atoms with Crippen LogP contribution in [0.4, 0.5) is 0 Å². The Kier molecular flexibility index (Phi) is 7.31.